The van der Waals surface area contributed by atoms with Crippen molar-refractivity contribution < 1.29 is 4.39 Å². The van der Waals surface area contributed by atoms with E-state index >= 15 is 0 Å². The minimum Gasteiger partial charge on any atom is -0.397 e. The average Bonchev–Trinajstić information content (AvgIpc) is 2.29. The Morgan fingerprint density at radius 1 is 1.47 bits per heavy atom. The number of halogens is 2. The third-order valence-electron chi connectivity index (χ3n) is 2.23. The van der Waals surface area contributed by atoms with Crippen molar-refractivity contribution in [2.24, 2.45) is 0 Å². The molecule has 3 nitrogen and oxygen atoms in total. The molecule has 0 radical (unpaired) electrons. The van der Waals surface area contributed by atoms with Crippen LogP contribution in [0.2, 0.25) is 5.02 Å². The van der Waals surface area contributed by atoms with Crippen LogP contribution in [0, 0.1) is 5.82 Å². The molecular formula is C11H17ClFN3S. The Labute approximate surface area is 110 Å². The normalized spacial score (nSPS) is 12.5. The molecule has 1 aromatic rings. The maximum Gasteiger partial charge on any atom is 0.169 e. The van der Waals surface area contributed by atoms with Gasteiger partial charge in [0.2, 0.25) is 0 Å². The van der Waals surface area contributed by atoms with Gasteiger partial charge in [-0.05, 0) is 18.7 Å². The highest BCUT2D eigenvalue weighted by Gasteiger charge is 2.15. The lowest BCUT2D eigenvalue weighted by Gasteiger charge is -2.18. The van der Waals surface area contributed by atoms with Gasteiger partial charge in [-0.2, -0.15) is 11.8 Å². The van der Waals surface area contributed by atoms with Crippen molar-refractivity contribution in [2.45, 2.75) is 19.9 Å². The van der Waals surface area contributed by atoms with E-state index in [4.69, 9.17) is 23.1 Å². The number of thioether (sulfide) groups is 1. The van der Waals surface area contributed by atoms with Crippen LogP contribution in [-0.2, 0) is 0 Å². The van der Waals surface area contributed by atoms with Gasteiger partial charge in [0.15, 0.2) is 5.82 Å². The predicted octanol–water partition coefficient (Wildman–Crippen LogP) is 3.20. The lowest BCUT2D eigenvalue weighted by atomic mass is 10.2. The topological polar surface area (TPSA) is 64.1 Å². The van der Waals surface area contributed by atoms with Crippen LogP contribution in [0.15, 0.2) is 6.07 Å². The summed E-state index contributed by atoms with van der Waals surface area (Å²) in [5.74, 6) is 1.31. The Kier molecular flexibility index (Phi) is 5.21. The number of nitrogen functional groups attached to an aromatic ring is 2. The Hall–Kier alpha value is -0.810. The van der Waals surface area contributed by atoms with Crippen molar-refractivity contribution in [1.29, 1.82) is 0 Å². The lowest BCUT2D eigenvalue weighted by Crippen LogP contribution is -2.20. The second kappa shape index (κ2) is 6.21. The van der Waals surface area contributed by atoms with Crippen LogP contribution in [0.5, 0.6) is 0 Å². The van der Waals surface area contributed by atoms with Crippen LogP contribution in [0.3, 0.4) is 0 Å². The first-order valence-electron chi connectivity index (χ1n) is 5.34. The Morgan fingerprint density at radius 2 is 2.12 bits per heavy atom. The first kappa shape index (κ1) is 14.3. The third kappa shape index (κ3) is 3.57. The average molecular weight is 278 g/mol. The van der Waals surface area contributed by atoms with E-state index in [0.717, 1.165) is 11.5 Å². The fourth-order valence-electron chi connectivity index (χ4n) is 1.40. The van der Waals surface area contributed by atoms with E-state index in [1.165, 1.54) is 6.07 Å². The number of anilines is 3. The molecule has 1 aromatic carbocycles. The summed E-state index contributed by atoms with van der Waals surface area (Å²) in [4.78, 5) is 0. The highest BCUT2D eigenvalue weighted by Crippen LogP contribution is 2.34. The predicted molar refractivity (Wildman–Crippen MR) is 76.3 cm³/mol. The van der Waals surface area contributed by atoms with Crippen LogP contribution in [0.4, 0.5) is 21.5 Å². The van der Waals surface area contributed by atoms with Crippen LogP contribution in [0.1, 0.15) is 13.8 Å². The molecule has 0 amide bonds. The van der Waals surface area contributed by atoms with Gasteiger partial charge in [-0.1, -0.05) is 18.5 Å². The molecule has 0 heterocycles. The molecule has 0 fully saturated rings. The fourth-order valence-corrected chi connectivity index (χ4v) is 2.22. The summed E-state index contributed by atoms with van der Waals surface area (Å²) in [7, 11) is 0. The zero-order valence-corrected chi connectivity index (χ0v) is 11.5. The first-order chi connectivity index (χ1) is 7.97. The number of nitrogens with two attached hydrogens (primary N) is 2. The van der Waals surface area contributed by atoms with Gasteiger partial charge in [0.1, 0.15) is 5.02 Å². The summed E-state index contributed by atoms with van der Waals surface area (Å²) in [6, 6.07) is 1.57. The number of benzene rings is 1. The molecule has 0 aromatic heterocycles. The third-order valence-corrected chi connectivity index (χ3v) is 3.76. The molecule has 0 bridgehead atoms. The van der Waals surface area contributed by atoms with E-state index < -0.39 is 5.82 Å². The standard InChI is InChI=1S/C11H17ClFN3S/c1-3-17-5-6(2)16-11-8(15)4-7(14)9(12)10(11)13/h4,6,16H,3,5,14-15H2,1-2H3. The number of rotatable bonds is 5. The van der Waals surface area contributed by atoms with Gasteiger partial charge in [-0.3, -0.25) is 0 Å². The van der Waals surface area contributed by atoms with Gasteiger partial charge in [-0.15, -0.1) is 0 Å². The minimum atomic E-state index is -0.586. The number of hydrogen-bond donors (Lipinski definition) is 3. The van der Waals surface area contributed by atoms with Crippen LogP contribution < -0.4 is 16.8 Å². The van der Waals surface area contributed by atoms with Crippen molar-refractivity contribution in [3.8, 4) is 0 Å². The largest absolute Gasteiger partial charge is 0.397 e. The molecule has 5 N–H and O–H groups in total. The molecule has 0 aliphatic heterocycles. The maximum absolute atomic E-state index is 13.8. The summed E-state index contributed by atoms with van der Waals surface area (Å²) < 4.78 is 13.8. The van der Waals surface area contributed by atoms with Gasteiger partial charge in [0, 0.05) is 11.8 Å². The smallest absolute Gasteiger partial charge is 0.169 e. The molecule has 0 aliphatic carbocycles. The van der Waals surface area contributed by atoms with Crippen LogP contribution >= 0.6 is 23.4 Å². The lowest BCUT2D eigenvalue weighted by molar-refractivity contribution is 0.630. The van der Waals surface area contributed by atoms with E-state index in [2.05, 4.69) is 12.2 Å². The fraction of sp³-hybridized carbons (Fsp3) is 0.455. The molecule has 0 aliphatic rings. The van der Waals surface area contributed by atoms with Gasteiger partial charge in [0.25, 0.3) is 0 Å². The van der Waals surface area contributed by atoms with Gasteiger partial charge in [0.05, 0.1) is 17.1 Å². The highest BCUT2D eigenvalue weighted by atomic mass is 35.5. The summed E-state index contributed by atoms with van der Waals surface area (Å²) in [5.41, 5.74) is 11.9. The second-order valence-electron chi connectivity index (χ2n) is 3.76. The highest BCUT2D eigenvalue weighted by molar-refractivity contribution is 7.99. The molecule has 1 rings (SSSR count). The monoisotopic (exact) mass is 277 g/mol. The van der Waals surface area contributed by atoms with Gasteiger partial charge < -0.3 is 16.8 Å². The van der Waals surface area contributed by atoms with Crippen molar-refractivity contribution in [3.05, 3.63) is 16.9 Å². The summed E-state index contributed by atoms with van der Waals surface area (Å²) >= 11 is 7.51. The van der Waals surface area contributed by atoms with Crippen LogP contribution in [-0.4, -0.2) is 17.5 Å². The quantitative estimate of drug-likeness (QED) is 0.723. The van der Waals surface area contributed by atoms with Gasteiger partial charge in [-0.25, -0.2) is 4.39 Å². The molecule has 6 heteroatoms. The van der Waals surface area contributed by atoms with Crippen LogP contribution in [0.25, 0.3) is 0 Å². The Morgan fingerprint density at radius 3 is 2.71 bits per heavy atom. The van der Waals surface area contributed by atoms with E-state index in [-0.39, 0.29) is 28.1 Å². The molecule has 0 spiro atoms. The molecular weight excluding hydrogens is 261 g/mol. The van der Waals surface area contributed by atoms with E-state index in [0.29, 0.717) is 0 Å². The van der Waals surface area contributed by atoms with E-state index in [9.17, 15) is 4.39 Å². The molecule has 0 saturated heterocycles. The van der Waals surface area contributed by atoms with Crippen molar-refractivity contribution in [1.82, 2.24) is 0 Å². The SMILES string of the molecule is CCSCC(C)Nc1c(N)cc(N)c(Cl)c1F. The Balaban J connectivity index is 2.87. The summed E-state index contributed by atoms with van der Waals surface area (Å²) in [5, 5.41) is 2.93. The number of nitrogens with one attached hydrogen (secondary N) is 1. The summed E-state index contributed by atoms with van der Waals surface area (Å²) in [6.07, 6.45) is 0. The number of hydrogen-bond acceptors (Lipinski definition) is 4. The van der Waals surface area contributed by atoms with Crippen molar-refractivity contribution >= 4 is 40.4 Å². The molecule has 96 valence electrons. The minimum absolute atomic E-state index is 0.0861. The van der Waals surface area contributed by atoms with Gasteiger partial charge >= 0.3 is 0 Å². The zero-order chi connectivity index (χ0) is 13.0. The second-order valence-corrected chi connectivity index (χ2v) is 5.46. The summed E-state index contributed by atoms with van der Waals surface area (Å²) in [6.45, 7) is 4.04. The molecule has 1 atom stereocenters. The van der Waals surface area contributed by atoms with Crippen molar-refractivity contribution in [2.75, 3.05) is 28.3 Å². The zero-order valence-electron chi connectivity index (χ0n) is 9.89. The molecule has 1 unspecified atom stereocenters. The maximum atomic E-state index is 13.8. The first-order valence-corrected chi connectivity index (χ1v) is 6.87. The Bertz CT molecular complexity index is 401. The molecule has 17 heavy (non-hydrogen) atoms. The molecule has 0 saturated carbocycles. The van der Waals surface area contributed by atoms with E-state index in [1.54, 1.807) is 11.8 Å². The van der Waals surface area contributed by atoms with Crippen molar-refractivity contribution in [3.63, 3.8) is 0 Å². The van der Waals surface area contributed by atoms with E-state index in [1.807, 2.05) is 6.92 Å².